The number of carbonyl (C=O) groups excluding carboxylic acids is 2. The quantitative estimate of drug-likeness (QED) is 0.464. The Morgan fingerprint density at radius 1 is 0.714 bits per heavy atom. The molecule has 6 nitrogen and oxygen atoms in total. The summed E-state index contributed by atoms with van der Waals surface area (Å²) >= 11 is 0. The van der Waals surface area contributed by atoms with E-state index in [1.807, 2.05) is 24.3 Å². The fourth-order valence-electron chi connectivity index (χ4n) is 2.84. The number of carbonyl (C=O) groups is 2. The molecule has 0 fully saturated rings. The molecule has 0 aromatic heterocycles. The van der Waals surface area contributed by atoms with Gasteiger partial charge in [-0.3, -0.25) is 0 Å². The van der Waals surface area contributed by atoms with Gasteiger partial charge in [0.25, 0.3) is 0 Å². The van der Waals surface area contributed by atoms with E-state index in [0.717, 1.165) is 17.5 Å². The van der Waals surface area contributed by atoms with Gasteiger partial charge in [0.15, 0.2) is 0 Å². The van der Waals surface area contributed by atoms with Crippen molar-refractivity contribution in [2.75, 3.05) is 13.2 Å². The minimum absolute atomic E-state index is 0.259. The summed E-state index contributed by atoms with van der Waals surface area (Å²) in [6.45, 7) is 8.21. The highest BCUT2D eigenvalue weighted by Crippen LogP contribution is 2.36. The molecule has 6 heteroatoms. The van der Waals surface area contributed by atoms with Crippen molar-refractivity contribution in [1.29, 1.82) is 0 Å². The average molecular weight is 386 g/mol. The molecule has 28 heavy (non-hydrogen) atoms. The highest BCUT2D eigenvalue weighted by Gasteiger charge is 2.27. The maximum Gasteiger partial charge on any atom is 0.513 e. The molecule has 0 saturated carbocycles. The van der Waals surface area contributed by atoms with E-state index in [9.17, 15) is 9.59 Å². The van der Waals surface area contributed by atoms with Crippen LogP contribution in [0.15, 0.2) is 48.5 Å². The molecule has 0 amide bonds. The van der Waals surface area contributed by atoms with E-state index >= 15 is 0 Å². The first-order valence-electron chi connectivity index (χ1n) is 9.33. The van der Waals surface area contributed by atoms with Gasteiger partial charge in [-0.25, -0.2) is 9.59 Å². The van der Waals surface area contributed by atoms with Crippen molar-refractivity contribution in [3.8, 4) is 11.5 Å². The molecule has 0 bridgehead atoms. The zero-order valence-electron chi connectivity index (χ0n) is 16.7. The van der Waals surface area contributed by atoms with Crippen LogP contribution in [0.1, 0.15) is 45.2 Å². The molecule has 0 aliphatic rings. The summed E-state index contributed by atoms with van der Waals surface area (Å²) in [6, 6.07) is 14.7. The molecule has 0 aliphatic heterocycles. The third-order valence-electron chi connectivity index (χ3n) is 4.62. The van der Waals surface area contributed by atoms with E-state index in [1.165, 1.54) is 0 Å². The van der Waals surface area contributed by atoms with E-state index in [2.05, 4.69) is 13.8 Å². The maximum atomic E-state index is 11.4. The Kier molecular flexibility index (Phi) is 7.44. The molecule has 0 atom stereocenters. The standard InChI is InChI=1S/C22H26O6/c1-5-22(4,16-8-12-18(13-9-16)27-20(23)25-6-2)17-10-14-19(15-11-17)28-21(24)26-7-3/h8-15H,5-7H2,1-4H3. The second-order valence-corrected chi connectivity index (χ2v) is 6.30. The summed E-state index contributed by atoms with van der Waals surface area (Å²) in [5, 5.41) is 0. The van der Waals surface area contributed by atoms with Crippen molar-refractivity contribution in [1.82, 2.24) is 0 Å². The molecule has 0 N–H and O–H groups in total. The summed E-state index contributed by atoms with van der Waals surface area (Å²) in [5.74, 6) is 0.859. The third kappa shape index (κ3) is 5.25. The van der Waals surface area contributed by atoms with E-state index < -0.39 is 12.3 Å². The number of hydrogen-bond acceptors (Lipinski definition) is 6. The Morgan fingerprint density at radius 2 is 1.07 bits per heavy atom. The molecule has 2 aromatic rings. The number of ether oxygens (including phenoxy) is 4. The van der Waals surface area contributed by atoms with E-state index in [0.29, 0.717) is 11.5 Å². The van der Waals surface area contributed by atoms with Gasteiger partial charge in [-0.15, -0.1) is 0 Å². The summed E-state index contributed by atoms with van der Waals surface area (Å²) in [6.07, 6.45) is -0.584. The van der Waals surface area contributed by atoms with Gasteiger partial charge < -0.3 is 18.9 Å². The predicted octanol–water partition coefficient (Wildman–Crippen LogP) is 5.47. The maximum absolute atomic E-state index is 11.4. The van der Waals surface area contributed by atoms with Gasteiger partial charge in [0.05, 0.1) is 13.2 Å². The van der Waals surface area contributed by atoms with E-state index in [4.69, 9.17) is 18.9 Å². The van der Waals surface area contributed by atoms with Gasteiger partial charge >= 0.3 is 12.3 Å². The van der Waals surface area contributed by atoms with Crippen LogP contribution in [-0.2, 0) is 14.9 Å². The van der Waals surface area contributed by atoms with Crippen LogP contribution >= 0.6 is 0 Å². The van der Waals surface area contributed by atoms with Crippen LogP contribution in [0.25, 0.3) is 0 Å². The molecule has 0 spiro atoms. The first kappa shape index (κ1) is 21.3. The first-order valence-corrected chi connectivity index (χ1v) is 9.33. The van der Waals surface area contributed by atoms with Crippen LogP contribution in [-0.4, -0.2) is 25.5 Å². The van der Waals surface area contributed by atoms with Crippen LogP contribution in [0.2, 0.25) is 0 Å². The van der Waals surface area contributed by atoms with Crippen LogP contribution in [0, 0.1) is 0 Å². The second kappa shape index (κ2) is 9.78. The van der Waals surface area contributed by atoms with Gasteiger partial charge in [-0.2, -0.15) is 0 Å². The van der Waals surface area contributed by atoms with E-state index in [1.54, 1.807) is 38.1 Å². The molecule has 150 valence electrons. The summed E-state index contributed by atoms with van der Waals surface area (Å²) in [7, 11) is 0. The Bertz CT molecular complexity index is 716. The summed E-state index contributed by atoms with van der Waals surface area (Å²) in [5.41, 5.74) is 1.89. The lowest BCUT2D eigenvalue weighted by Gasteiger charge is -2.30. The molecule has 0 unspecified atom stereocenters. The fraction of sp³-hybridized carbons (Fsp3) is 0.364. The van der Waals surface area contributed by atoms with Crippen molar-refractivity contribution in [3.05, 3.63) is 59.7 Å². The molecule has 2 rings (SSSR count). The Morgan fingerprint density at radius 3 is 1.36 bits per heavy atom. The lowest BCUT2D eigenvalue weighted by atomic mass is 9.74. The average Bonchev–Trinajstić information content (AvgIpc) is 2.69. The monoisotopic (exact) mass is 386 g/mol. The predicted molar refractivity (Wildman–Crippen MR) is 105 cm³/mol. The van der Waals surface area contributed by atoms with Crippen LogP contribution in [0.4, 0.5) is 9.59 Å². The highest BCUT2D eigenvalue weighted by atomic mass is 16.7. The molecule has 0 aliphatic carbocycles. The van der Waals surface area contributed by atoms with E-state index in [-0.39, 0.29) is 18.6 Å². The van der Waals surface area contributed by atoms with Crippen molar-refractivity contribution < 1.29 is 28.5 Å². The largest absolute Gasteiger partial charge is 0.513 e. The molecular formula is C22H26O6. The molecule has 0 saturated heterocycles. The fourth-order valence-corrected chi connectivity index (χ4v) is 2.84. The van der Waals surface area contributed by atoms with Crippen molar-refractivity contribution in [2.45, 2.75) is 39.5 Å². The Balaban J connectivity index is 2.17. The van der Waals surface area contributed by atoms with Crippen molar-refractivity contribution >= 4 is 12.3 Å². The smallest absolute Gasteiger partial charge is 0.434 e. The minimum Gasteiger partial charge on any atom is -0.434 e. The normalized spacial score (nSPS) is 10.9. The minimum atomic E-state index is -0.717. The summed E-state index contributed by atoms with van der Waals surface area (Å²) < 4.78 is 19.8. The number of hydrogen-bond donors (Lipinski definition) is 0. The molecular weight excluding hydrogens is 360 g/mol. The lowest BCUT2D eigenvalue weighted by molar-refractivity contribution is 0.103. The second-order valence-electron chi connectivity index (χ2n) is 6.30. The topological polar surface area (TPSA) is 71.1 Å². The first-order chi connectivity index (χ1) is 13.4. The summed E-state index contributed by atoms with van der Waals surface area (Å²) in [4.78, 5) is 22.9. The Labute approximate surface area is 165 Å². The SMILES string of the molecule is CCOC(=O)Oc1ccc(C(C)(CC)c2ccc(OC(=O)OCC)cc2)cc1. The molecule has 0 radical (unpaired) electrons. The zero-order chi connectivity index (χ0) is 20.6. The van der Waals surface area contributed by atoms with Gasteiger partial charge in [0.1, 0.15) is 11.5 Å². The lowest BCUT2D eigenvalue weighted by Crippen LogP contribution is -2.22. The van der Waals surface area contributed by atoms with Crippen LogP contribution in [0.5, 0.6) is 11.5 Å². The number of rotatable bonds is 7. The van der Waals surface area contributed by atoms with Gasteiger partial charge in [-0.05, 0) is 55.7 Å². The van der Waals surface area contributed by atoms with Crippen molar-refractivity contribution in [2.24, 2.45) is 0 Å². The van der Waals surface area contributed by atoms with Gasteiger partial charge in [0.2, 0.25) is 0 Å². The van der Waals surface area contributed by atoms with Gasteiger partial charge in [0, 0.05) is 5.41 Å². The molecule has 0 heterocycles. The van der Waals surface area contributed by atoms with Gasteiger partial charge in [-0.1, -0.05) is 38.1 Å². The highest BCUT2D eigenvalue weighted by molar-refractivity contribution is 5.64. The van der Waals surface area contributed by atoms with Crippen molar-refractivity contribution in [3.63, 3.8) is 0 Å². The third-order valence-corrected chi connectivity index (χ3v) is 4.62. The Hall–Kier alpha value is -3.02. The van der Waals surface area contributed by atoms with Crippen LogP contribution in [0.3, 0.4) is 0 Å². The zero-order valence-corrected chi connectivity index (χ0v) is 16.7. The number of benzene rings is 2. The van der Waals surface area contributed by atoms with Crippen LogP contribution < -0.4 is 9.47 Å². The molecule has 2 aromatic carbocycles.